The first-order chi connectivity index (χ1) is 25.8. The summed E-state index contributed by atoms with van der Waals surface area (Å²) in [6.45, 7) is 23.9. The zero-order valence-corrected chi connectivity index (χ0v) is 34.6. The lowest BCUT2D eigenvalue weighted by Gasteiger charge is -2.32. The zero-order chi connectivity index (χ0) is 39.4. The van der Waals surface area contributed by atoms with Crippen LogP contribution < -0.4 is 9.47 Å². The molecule has 54 heavy (non-hydrogen) atoms. The maximum atomic E-state index is 13.0. The second-order valence-corrected chi connectivity index (χ2v) is 16.1. The molecule has 0 amide bonds. The van der Waals surface area contributed by atoms with Crippen LogP contribution in [0.2, 0.25) is 0 Å². The molecule has 0 aromatic heterocycles. The average molecular weight is 735 g/mol. The van der Waals surface area contributed by atoms with Gasteiger partial charge in [-0.2, -0.15) is 0 Å². The quantitative estimate of drug-likeness (QED) is 0.0721. The minimum atomic E-state index is -0.251. The van der Waals surface area contributed by atoms with Crippen LogP contribution in [0.25, 0.3) is 0 Å². The lowest BCUT2D eigenvalue weighted by Crippen LogP contribution is -2.38. The molecule has 0 spiro atoms. The van der Waals surface area contributed by atoms with Gasteiger partial charge < -0.3 is 14.6 Å². The van der Waals surface area contributed by atoms with E-state index in [1.54, 1.807) is 0 Å². The predicted molar refractivity (Wildman–Crippen MR) is 223 cm³/mol. The van der Waals surface area contributed by atoms with Crippen LogP contribution in [0, 0.1) is 5.92 Å². The third kappa shape index (κ3) is 11.8. The molecule has 292 valence electrons. The summed E-state index contributed by atoms with van der Waals surface area (Å²) in [5.74, 6) is 0.999. The number of aliphatic hydroxyl groups excluding tert-OH is 1. The van der Waals surface area contributed by atoms with Gasteiger partial charge in [0, 0.05) is 47.1 Å². The molecule has 1 N–H and O–H groups in total. The Hall–Kier alpha value is -3.97. The summed E-state index contributed by atoms with van der Waals surface area (Å²) in [5.41, 5.74) is 6.35. The molecule has 4 rings (SSSR count). The van der Waals surface area contributed by atoms with E-state index >= 15 is 0 Å². The van der Waals surface area contributed by atoms with Crippen LogP contribution in [0.1, 0.15) is 127 Å². The van der Waals surface area contributed by atoms with E-state index in [1.807, 2.05) is 44.2 Å². The highest BCUT2D eigenvalue weighted by molar-refractivity contribution is 5.75. The highest BCUT2D eigenvalue weighted by atomic mass is 16.5. The summed E-state index contributed by atoms with van der Waals surface area (Å²) >= 11 is 0. The molecule has 0 aliphatic heterocycles. The Morgan fingerprint density at radius 3 is 1.44 bits per heavy atom. The number of ether oxygens (including phenoxy) is 2. The fourth-order valence-electron chi connectivity index (χ4n) is 7.70. The molecular weight excluding hydrogens is 669 g/mol. The lowest BCUT2D eigenvalue weighted by atomic mass is 9.86. The van der Waals surface area contributed by atoms with Crippen molar-refractivity contribution in [2.45, 2.75) is 131 Å². The molecule has 2 atom stereocenters. The summed E-state index contributed by atoms with van der Waals surface area (Å²) in [7, 11) is 0. The van der Waals surface area contributed by atoms with Crippen LogP contribution in [0.4, 0.5) is 0 Å². The van der Waals surface area contributed by atoms with Crippen LogP contribution in [-0.4, -0.2) is 58.1 Å². The first kappa shape index (κ1) is 42.8. The molecule has 4 aromatic rings. The number of carbonyl (C=O) groups excluding carboxylic acids is 1. The highest BCUT2D eigenvalue weighted by Gasteiger charge is 2.26. The summed E-state index contributed by atoms with van der Waals surface area (Å²) in [6, 6.07) is 35.1. The van der Waals surface area contributed by atoms with Gasteiger partial charge in [0.25, 0.3) is 0 Å². The minimum Gasteiger partial charge on any atom is -0.489 e. The Morgan fingerprint density at radius 1 is 0.574 bits per heavy atom. The molecule has 0 bridgehead atoms. The van der Waals surface area contributed by atoms with Crippen LogP contribution >= 0.6 is 0 Å². The number of hydrogen-bond acceptors (Lipinski definition) is 6. The second kappa shape index (κ2) is 20.6. The summed E-state index contributed by atoms with van der Waals surface area (Å²) < 4.78 is 12.9. The van der Waals surface area contributed by atoms with Gasteiger partial charge >= 0.3 is 5.97 Å². The van der Waals surface area contributed by atoms with E-state index in [1.165, 1.54) is 11.1 Å². The number of benzene rings is 4. The smallest absolute Gasteiger partial charge is 0.313 e. The maximum Gasteiger partial charge on any atom is 0.313 e. The SMILES string of the molecule is CC(C)C(=O)Oc1ccc(COc2ccc(CO)cc2C(CCN(C(C)C)C(C)C)c2ccccc2)cc1C(CCN(C(C)C)C(C)C)c1ccccc1. The monoisotopic (exact) mass is 735 g/mol. The number of hydrogen-bond donors (Lipinski definition) is 1. The number of aliphatic hydroxyl groups is 1. The van der Waals surface area contributed by atoms with Crippen molar-refractivity contribution in [3.63, 3.8) is 0 Å². The molecule has 0 heterocycles. The first-order valence-corrected chi connectivity index (χ1v) is 20.1. The van der Waals surface area contributed by atoms with Gasteiger partial charge in [0.2, 0.25) is 0 Å². The van der Waals surface area contributed by atoms with Crippen LogP contribution in [0.5, 0.6) is 11.5 Å². The van der Waals surface area contributed by atoms with Crippen molar-refractivity contribution >= 4 is 5.97 Å². The second-order valence-electron chi connectivity index (χ2n) is 16.1. The Balaban J connectivity index is 1.75. The van der Waals surface area contributed by atoms with Gasteiger partial charge in [-0.05, 0) is 128 Å². The summed E-state index contributed by atoms with van der Waals surface area (Å²) in [5, 5.41) is 10.2. The topological polar surface area (TPSA) is 62.2 Å². The van der Waals surface area contributed by atoms with E-state index in [-0.39, 0.29) is 30.3 Å². The van der Waals surface area contributed by atoms with Gasteiger partial charge in [-0.1, -0.05) is 86.6 Å². The van der Waals surface area contributed by atoms with Gasteiger partial charge in [0.05, 0.1) is 12.5 Å². The molecule has 0 fully saturated rings. The highest BCUT2D eigenvalue weighted by Crippen LogP contribution is 2.39. The van der Waals surface area contributed by atoms with Crippen LogP contribution in [0.15, 0.2) is 97.1 Å². The Kier molecular flexibility index (Phi) is 16.3. The standard InChI is InChI=1S/C48H66N2O4/c1-33(2)48(52)54-47-24-22-39(30-45(47)43(41-19-15-12-16-20-41)26-28-50(36(7)8)37(9)10)32-53-46-23-21-38(31-51)29-44(46)42(40-17-13-11-14-18-40)25-27-49(34(3)4)35(5)6/h11-24,29-30,33-37,42-43,51H,25-28,31-32H2,1-10H3. The molecule has 0 saturated carbocycles. The largest absolute Gasteiger partial charge is 0.489 e. The molecule has 6 heteroatoms. The zero-order valence-electron chi connectivity index (χ0n) is 34.6. The van der Waals surface area contributed by atoms with Gasteiger partial charge in [0.1, 0.15) is 18.1 Å². The lowest BCUT2D eigenvalue weighted by molar-refractivity contribution is -0.137. The molecule has 0 aliphatic rings. The Labute approximate surface area is 326 Å². The first-order valence-electron chi connectivity index (χ1n) is 20.1. The maximum absolute atomic E-state index is 13.0. The van der Waals surface area contributed by atoms with Crippen LogP contribution in [0.3, 0.4) is 0 Å². The van der Waals surface area contributed by atoms with Gasteiger partial charge in [-0.3, -0.25) is 14.6 Å². The normalized spacial score (nSPS) is 13.1. The summed E-state index contributed by atoms with van der Waals surface area (Å²) in [6.07, 6.45) is 1.78. The van der Waals surface area contributed by atoms with Gasteiger partial charge in [-0.15, -0.1) is 0 Å². The van der Waals surface area contributed by atoms with E-state index in [2.05, 4.69) is 132 Å². The van der Waals surface area contributed by atoms with E-state index in [9.17, 15) is 9.90 Å². The average Bonchev–Trinajstić information content (AvgIpc) is 3.14. The van der Waals surface area contributed by atoms with Crippen molar-refractivity contribution < 1.29 is 19.4 Å². The van der Waals surface area contributed by atoms with Crippen LogP contribution in [-0.2, 0) is 18.0 Å². The fraction of sp³-hybridized carbons (Fsp3) is 0.479. The van der Waals surface area contributed by atoms with Crippen molar-refractivity contribution in [1.29, 1.82) is 0 Å². The van der Waals surface area contributed by atoms with Crippen molar-refractivity contribution in [2.75, 3.05) is 13.1 Å². The molecule has 0 aliphatic carbocycles. The molecule has 4 aromatic carbocycles. The Bertz CT molecular complexity index is 1700. The molecule has 2 unspecified atom stereocenters. The summed E-state index contributed by atoms with van der Waals surface area (Å²) in [4.78, 5) is 18.1. The number of esters is 1. The molecule has 0 saturated heterocycles. The van der Waals surface area contributed by atoms with Gasteiger partial charge in [0.15, 0.2) is 0 Å². The van der Waals surface area contributed by atoms with Crippen molar-refractivity contribution in [2.24, 2.45) is 5.92 Å². The van der Waals surface area contributed by atoms with Crippen molar-refractivity contribution in [3.8, 4) is 11.5 Å². The number of rotatable bonds is 20. The van der Waals surface area contributed by atoms with Crippen molar-refractivity contribution in [3.05, 3.63) is 130 Å². The van der Waals surface area contributed by atoms with Gasteiger partial charge in [-0.25, -0.2) is 0 Å². The third-order valence-corrected chi connectivity index (χ3v) is 10.6. The van der Waals surface area contributed by atoms with E-state index in [0.29, 0.717) is 36.5 Å². The molecule has 6 nitrogen and oxygen atoms in total. The number of carbonyl (C=O) groups is 1. The number of nitrogens with zero attached hydrogens (tertiary/aromatic N) is 2. The minimum absolute atomic E-state index is 0.00725. The van der Waals surface area contributed by atoms with E-state index in [4.69, 9.17) is 9.47 Å². The van der Waals surface area contributed by atoms with Crippen molar-refractivity contribution in [1.82, 2.24) is 9.80 Å². The van der Waals surface area contributed by atoms with E-state index in [0.717, 1.165) is 53.9 Å². The molecule has 0 radical (unpaired) electrons. The Morgan fingerprint density at radius 2 is 1.00 bits per heavy atom. The predicted octanol–water partition coefficient (Wildman–Crippen LogP) is 10.6. The fourth-order valence-corrected chi connectivity index (χ4v) is 7.70. The van der Waals surface area contributed by atoms with E-state index < -0.39 is 0 Å². The molecular formula is C48H66N2O4. The third-order valence-electron chi connectivity index (χ3n) is 10.6.